The van der Waals surface area contributed by atoms with Crippen LogP contribution in [0, 0.1) is 0 Å². The summed E-state index contributed by atoms with van der Waals surface area (Å²) in [5.41, 5.74) is 7.27. The van der Waals surface area contributed by atoms with E-state index in [1.807, 2.05) is 4.90 Å². The van der Waals surface area contributed by atoms with Gasteiger partial charge < -0.3 is 21.3 Å². The SMILES string of the molecule is NC(=O)c1ccccc1NCC(=O)Nc1cccc(C(=O)N2CCCCC2)c1. The molecule has 1 aliphatic rings. The molecular weight excluding hydrogens is 356 g/mol. The minimum atomic E-state index is -0.563. The van der Waals surface area contributed by atoms with E-state index in [0.29, 0.717) is 22.5 Å². The van der Waals surface area contributed by atoms with Gasteiger partial charge >= 0.3 is 0 Å². The number of likely N-dealkylation sites (tertiary alicyclic amines) is 1. The fraction of sp³-hybridized carbons (Fsp3) is 0.286. The summed E-state index contributed by atoms with van der Waals surface area (Å²) in [6.07, 6.45) is 3.22. The summed E-state index contributed by atoms with van der Waals surface area (Å²) in [7, 11) is 0. The maximum atomic E-state index is 12.6. The third-order valence-electron chi connectivity index (χ3n) is 4.67. The first-order valence-electron chi connectivity index (χ1n) is 9.36. The highest BCUT2D eigenvalue weighted by Gasteiger charge is 2.18. The molecule has 1 fully saturated rings. The Balaban J connectivity index is 1.60. The van der Waals surface area contributed by atoms with Crippen LogP contribution in [0.2, 0.25) is 0 Å². The molecule has 0 spiro atoms. The summed E-state index contributed by atoms with van der Waals surface area (Å²) in [6, 6.07) is 13.7. The summed E-state index contributed by atoms with van der Waals surface area (Å²) in [5, 5.41) is 5.69. The van der Waals surface area contributed by atoms with Crippen LogP contribution in [0.1, 0.15) is 40.0 Å². The molecule has 1 saturated heterocycles. The number of anilines is 2. The van der Waals surface area contributed by atoms with Crippen molar-refractivity contribution in [3.8, 4) is 0 Å². The van der Waals surface area contributed by atoms with Gasteiger partial charge in [0.2, 0.25) is 5.91 Å². The lowest BCUT2D eigenvalue weighted by Crippen LogP contribution is -2.35. The summed E-state index contributed by atoms with van der Waals surface area (Å²) < 4.78 is 0. The van der Waals surface area contributed by atoms with Crippen molar-refractivity contribution in [1.82, 2.24) is 4.90 Å². The Bertz CT molecular complexity index is 875. The first-order valence-corrected chi connectivity index (χ1v) is 9.36. The van der Waals surface area contributed by atoms with Crippen LogP contribution in [0.5, 0.6) is 0 Å². The van der Waals surface area contributed by atoms with Gasteiger partial charge in [-0.3, -0.25) is 14.4 Å². The Hall–Kier alpha value is -3.35. The molecule has 1 heterocycles. The molecule has 0 aliphatic carbocycles. The number of hydrogen-bond acceptors (Lipinski definition) is 4. The minimum absolute atomic E-state index is 0.00990. The normalized spacial score (nSPS) is 13.6. The van der Waals surface area contributed by atoms with Crippen LogP contribution in [0.25, 0.3) is 0 Å². The van der Waals surface area contributed by atoms with Gasteiger partial charge in [-0.1, -0.05) is 18.2 Å². The van der Waals surface area contributed by atoms with Crippen molar-refractivity contribution in [2.24, 2.45) is 5.73 Å². The van der Waals surface area contributed by atoms with E-state index in [2.05, 4.69) is 10.6 Å². The predicted octanol–water partition coefficient (Wildman–Crippen LogP) is 2.46. The molecule has 2 aromatic carbocycles. The third kappa shape index (κ3) is 4.88. The molecule has 4 N–H and O–H groups in total. The molecule has 0 atom stereocenters. The van der Waals surface area contributed by atoms with E-state index in [1.54, 1.807) is 48.5 Å². The molecule has 0 saturated carbocycles. The number of nitrogens with one attached hydrogen (secondary N) is 2. The molecule has 0 unspecified atom stereocenters. The number of carbonyl (C=O) groups excluding carboxylic acids is 3. The molecule has 0 radical (unpaired) electrons. The average molecular weight is 380 g/mol. The fourth-order valence-corrected chi connectivity index (χ4v) is 3.24. The molecule has 28 heavy (non-hydrogen) atoms. The standard InChI is InChI=1S/C21H24N4O3/c22-20(27)17-9-2-3-10-18(17)23-14-19(26)24-16-8-6-7-15(13-16)21(28)25-11-4-1-5-12-25/h2-3,6-10,13,23H,1,4-5,11-12,14H2,(H2,22,27)(H,24,26). The number of para-hydroxylation sites is 1. The Labute approximate surface area is 163 Å². The summed E-state index contributed by atoms with van der Waals surface area (Å²) in [6.45, 7) is 1.52. The lowest BCUT2D eigenvalue weighted by molar-refractivity contribution is -0.114. The number of benzene rings is 2. The Morgan fingerprint density at radius 2 is 1.71 bits per heavy atom. The topological polar surface area (TPSA) is 105 Å². The molecule has 7 nitrogen and oxygen atoms in total. The Morgan fingerprint density at radius 1 is 0.964 bits per heavy atom. The maximum absolute atomic E-state index is 12.6. The zero-order valence-electron chi connectivity index (χ0n) is 15.6. The second-order valence-electron chi connectivity index (χ2n) is 6.75. The average Bonchev–Trinajstić information content (AvgIpc) is 2.72. The molecule has 0 aromatic heterocycles. The second kappa shape index (κ2) is 9.03. The molecule has 3 amide bonds. The van der Waals surface area contributed by atoms with Crippen molar-refractivity contribution >= 4 is 29.1 Å². The second-order valence-corrected chi connectivity index (χ2v) is 6.75. The molecule has 1 aliphatic heterocycles. The van der Waals surface area contributed by atoms with Gasteiger partial charge in [-0.05, 0) is 49.6 Å². The zero-order valence-corrected chi connectivity index (χ0v) is 15.6. The number of amides is 3. The number of piperidine rings is 1. The minimum Gasteiger partial charge on any atom is -0.376 e. The smallest absolute Gasteiger partial charge is 0.253 e. The molecule has 3 rings (SSSR count). The maximum Gasteiger partial charge on any atom is 0.253 e. The number of carbonyl (C=O) groups is 3. The van der Waals surface area contributed by atoms with Gasteiger partial charge in [0.1, 0.15) is 0 Å². The Morgan fingerprint density at radius 3 is 2.46 bits per heavy atom. The Kier molecular flexibility index (Phi) is 6.26. The van der Waals surface area contributed by atoms with Gasteiger partial charge in [-0.25, -0.2) is 0 Å². The van der Waals surface area contributed by atoms with Crippen LogP contribution in [0.4, 0.5) is 11.4 Å². The van der Waals surface area contributed by atoms with Crippen LogP contribution in [-0.2, 0) is 4.79 Å². The first kappa shape index (κ1) is 19.4. The van der Waals surface area contributed by atoms with E-state index < -0.39 is 5.91 Å². The van der Waals surface area contributed by atoms with Crippen LogP contribution < -0.4 is 16.4 Å². The number of nitrogens with two attached hydrogens (primary N) is 1. The number of nitrogens with zero attached hydrogens (tertiary/aromatic N) is 1. The van der Waals surface area contributed by atoms with Crippen LogP contribution >= 0.6 is 0 Å². The molecule has 0 bridgehead atoms. The predicted molar refractivity (Wildman–Crippen MR) is 108 cm³/mol. The highest BCUT2D eigenvalue weighted by Crippen LogP contribution is 2.17. The van der Waals surface area contributed by atoms with E-state index >= 15 is 0 Å². The molecule has 7 heteroatoms. The van der Waals surface area contributed by atoms with Gasteiger partial charge in [-0.15, -0.1) is 0 Å². The lowest BCUT2D eigenvalue weighted by Gasteiger charge is -2.26. The van der Waals surface area contributed by atoms with Crippen molar-refractivity contribution < 1.29 is 14.4 Å². The van der Waals surface area contributed by atoms with Crippen molar-refractivity contribution in [3.63, 3.8) is 0 Å². The van der Waals surface area contributed by atoms with Gasteiger partial charge in [-0.2, -0.15) is 0 Å². The first-order chi connectivity index (χ1) is 13.5. The van der Waals surface area contributed by atoms with Crippen LogP contribution in [0.3, 0.4) is 0 Å². The van der Waals surface area contributed by atoms with Crippen LogP contribution in [0.15, 0.2) is 48.5 Å². The monoisotopic (exact) mass is 380 g/mol. The fourth-order valence-electron chi connectivity index (χ4n) is 3.24. The van der Waals surface area contributed by atoms with E-state index in [1.165, 1.54) is 0 Å². The third-order valence-corrected chi connectivity index (χ3v) is 4.67. The lowest BCUT2D eigenvalue weighted by atomic mass is 10.1. The van der Waals surface area contributed by atoms with Crippen molar-refractivity contribution in [1.29, 1.82) is 0 Å². The summed E-state index contributed by atoms with van der Waals surface area (Å²) in [5.74, 6) is -0.862. The van der Waals surface area contributed by atoms with E-state index in [0.717, 1.165) is 32.4 Å². The van der Waals surface area contributed by atoms with Gasteiger partial charge in [0, 0.05) is 30.0 Å². The zero-order chi connectivity index (χ0) is 19.9. The largest absolute Gasteiger partial charge is 0.376 e. The van der Waals surface area contributed by atoms with E-state index in [4.69, 9.17) is 5.73 Å². The van der Waals surface area contributed by atoms with Gasteiger partial charge in [0.05, 0.1) is 12.1 Å². The van der Waals surface area contributed by atoms with Crippen LogP contribution in [-0.4, -0.2) is 42.3 Å². The highest BCUT2D eigenvalue weighted by molar-refractivity contribution is 6.00. The summed E-state index contributed by atoms with van der Waals surface area (Å²) >= 11 is 0. The van der Waals surface area contributed by atoms with E-state index in [9.17, 15) is 14.4 Å². The molecule has 146 valence electrons. The van der Waals surface area contributed by atoms with Crippen molar-refractivity contribution in [2.45, 2.75) is 19.3 Å². The molecule has 2 aromatic rings. The highest BCUT2D eigenvalue weighted by atomic mass is 16.2. The molecular formula is C21H24N4O3. The number of primary amides is 1. The number of rotatable bonds is 6. The van der Waals surface area contributed by atoms with Gasteiger partial charge in [0.25, 0.3) is 11.8 Å². The quantitative estimate of drug-likeness (QED) is 0.716. The van der Waals surface area contributed by atoms with Crippen molar-refractivity contribution in [2.75, 3.05) is 30.3 Å². The van der Waals surface area contributed by atoms with E-state index in [-0.39, 0.29) is 18.4 Å². The number of hydrogen-bond donors (Lipinski definition) is 3. The van der Waals surface area contributed by atoms with Gasteiger partial charge in [0.15, 0.2) is 0 Å². The van der Waals surface area contributed by atoms with Crippen molar-refractivity contribution in [3.05, 3.63) is 59.7 Å². The summed E-state index contributed by atoms with van der Waals surface area (Å²) in [4.78, 5) is 38.2.